The van der Waals surface area contributed by atoms with Gasteiger partial charge in [-0.1, -0.05) is 0 Å². The van der Waals surface area contributed by atoms with Crippen LogP contribution in [-0.4, -0.2) is 47.7 Å². The lowest BCUT2D eigenvalue weighted by molar-refractivity contribution is -0.141. The first-order valence-corrected chi connectivity index (χ1v) is 5.39. The van der Waals surface area contributed by atoms with Gasteiger partial charge >= 0.3 is 6.18 Å². The molecule has 8 heteroatoms. The maximum absolute atomic E-state index is 12.3. The van der Waals surface area contributed by atoms with Gasteiger partial charge in [0.1, 0.15) is 0 Å². The fraction of sp³-hybridized carbons (Fsp3) is 0.600. The Kier molecular flexibility index (Phi) is 3.67. The smallest absolute Gasteiger partial charge is 0.394 e. The second kappa shape index (κ2) is 5.07. The van der Waals surface area contributed by atoms with E-state index in [0.717, 1.165) is 6.07 Å². The minimum absolute atomic E-state index is 0.134. The number of morpholine rings is 1. The first-order valence-electron chi connectivity index (χ1n) is 5.39. The Morgan fingerprint density at radius 2 is 2.17 bits per heavy atom. The summed E-state index contributed by atoms with van der Waals surface area (Å²) in [7, 11) is 0. The standard InChI is InChI=1S/C10H12F3N3O2/c11-10(12,13)8-1-2-9(15-14-8)16-3-4-18-7(5-16)6-17/h1-2,7,17H,3-6H2. The number of hydrogen-bond acceptors (Lipinski definition) is 5. The zero-order valence-corrected chi connectivity index (χ0v) is 9.39. The summed E-state index contributed by atoms with van der Waals surface area (Å²) >= 11 is 0. The van der Waals surface area contributed by atoms with Crippen LogP contribution >= 0.6 is 0 Å². The van der Waals surface area contributed by atoms with Crippen molar-refractivity contribution < 1.29 is 23.0 Å². The number of nitrogens with zero attached hydrogens (tertiary/aromatic N) is 3. The molecule has 1 N–H and O–H groups in total. The Hall–Kier alpha value is -1.41. The molecular weight excluding hydrogens is 251 g/mol. The summed E-state index contributed by atoms with van der Waals surface area (Å²) in [5.41, 5.74) is -1.02. The molecule has 5 nitrogen and oxygen atoms in total. The van der Waals surface area contributed by atoms with Crippen molar-refractivity contribution in [2.45, 2.75) is 12.3 Å². The number of aliphatic hydroxyl groups is 1. The Morgan fingerprint density at radius 1 is 1.39 bits per heavy atom. The third kappa shape index (κ3) is 2.88. The normalized spacial score (nSPS) is 21.1. The van der Waals surface area contributed by atoms with Crippen LogP contribution in [0, 0.1) is 0 Å². The summed E-state index contributed by atoms with van der Waals surface area (Å²) in [4.78, 5) is 1.73. The van der Waals surface area contributed by atoms with Crippen LogP contribution in [0.3, 0.4) is 0 Å². The van der Waals surface area contributed by atoms with Gasteiger partial charge in [0.2, 0.25) is 0 Å². The van der Waals surface area contributed by atoms with E-state index in [0.29, 0.717) is 25.5 Å². The van der Waals surface area contributed by atoms with Crippen molar-refractivity contribution in [2.75, 3.05) is 31.2 Å². The molecule has 0 radical (unpaired) electrons. The number of rotatable bonds is 2. The molecule has 1 fully saturated rings. The van der Waals surface area contributed by atoms with Crippen molar-refractivity contribution in [3.63, 3.8) is 0 Å². The minimum atomic E-state index is -4.48. The van der Waals surface area contributed by atoms with Crippen LogP contribution in [0.25, 0.3) is 0 Å². The van der Waals surface area contributed by atoms with Crippen LogP contribution in [0.1, 0.15) is 5.69 Å². The lowest BCUT2D eigenvalue weighted by atomic mass is 10.2. The number of aromatic nitrogens is 2. The van der Waals surface area contributed by atoms with Crippen molar-refractivity contribution in [1.29, 1.82) is 0 Å². The van der Waals surface area contributed by atoms with Gasteiger partial charge in [0.25, 0.3) is 0 Å². The molecule has 18 heavy (non-hydrogen) atoms. The molecule has 0 saturated carbocycles. The molecule has 1 saturated heterocycles. The first-order chi connectivity index (χ1) is 8.50. The second-order valence-corrected chi connectivity index (χ2v) is 3.90. The van der Waals surface area contributed by atoms with E-state index in [1.54, 1.807) is 4.90 Å². The predicted octanol–water partition coefficient (Wildman–Crippen LogP) is 0.693. The zero-order valence-electron chi connectivity index (χ0n) is 9.39. The predicted molar refractivity (Wildman–Crippen MR) is 56.1 cm³/mol. The molecule has 1 atom stereocenters. The molecule has 2 heterocycles. The van der Waals surface area contributed by atoms with Gasteiger partial charge in [-0.3, -0.25) is 0 Å². The molecular formula is C10H12F3N3O2. The molecule has 1 aliphatic heterocycles. The number of ether oxygens (including phenoxy) is 1. The highest BCUT2D eigenvalue weighted by Gasteiger charge is 2.33. The molecule has 0 amide bonds. The van der Waals surface area contributed by atoms with Gasteiger partial charge in [-0.15, -0.1) is 10.2 Å². The quantitative estimate of drug-likeness (QED) is 0.851. The molecule has 0 spiro atoms. The number of anilines is 1. The molecule has 1 aromatic rings. The van der Waals surface area contributed by atoms with E-state index in [2.05, 4.69) is 10.2 Å². The summed E-state index contributed by atoms with van der Waals surface area (Å²) in [5, 5.41) is 15.7. The van der Waals surface area contributed by atoms with E-state index in [9.17, 15) is 13.2 Å². The van der Waals surface area contributed by atoms with Crippen molar-refractivity contribution in [2.24, 2.45) is 0 Å². The van der Waals surface area contributed by atoms with E-state index in [-0.39, 0.29) is 12.7 Å². The van der Waals surface area contributed by atoms with Crippen molar-refractivity contribution >= 4 is 5.82 Å². The topological polar surface area (TPSA) is 58.5 Å². The van der Waals surface area contributed by atoms with E-state index in [1.807, 2.05) is 0 Å². The Bertz CT molecular complexity index is 396. The molecule has 0 aromatic carbocycles. The molecule has 1 aromatic heterocycles. The molecule has 1 unspecified atom stereocenters. The summed E-state index contributed by atoms with van der Waals surface area (Å²) in [6, 6.07) is 2.17. The fourth-order valence-corrected chi connectivity index (χ4v) is 1.68. The fourth-order valence-electron chi connectivity index (χ4n) is 1.68. The highest BCUT2D eigenvalue weighted by molar-refractivity contribution is 5.38. The van der Waals surface area contributed by atoms with Gasteiger partial charge in [-0.05, 0) is 12.1 Å². The van der Waals surface area contributed by atoms with E-state index < -0.39 is 11.9 Å². The maximum atomic E-state index is 12.3. The third-order valence-electron chi connectivity index (χ3n) is 2.61. The highest BCUT2D eigenvalue weighted by Crippen LogP contribution is 2.27. The number of aliphatic hydroxyl groups excluding tert-OH is 1. The maximum Gasteiger partial charge on any atom is 0.435 e. The van der Waals surface area contributed by atoms with Crippen LogP contribution in [0.15, 0.2) is 12.1 Å². The van der Waals surface area contributed by atoms with Crippen molar-refractivity contribution in [3.8, 4) is 0 Å². The van der Waals surface area contributed by atoms with Gasteiger partial charge in [0.15, 0.2) is 11.5 Å². The Morgan fingerprint density at radius 3 is 2.72 bits per heavy atom. The first kappa shape index (κ1) is 13.0. The zero-order chi connectivity index (χ0) is 13.2. The van der Waals surface area contributed by atoms with Crippen molar-refractivity contribution in [3.05, 3.63) is 17.8 Å². The highest BCUT2D eigenvalue weighted by atomic mass is 19.4. The summed E-state index contributed by atoms with van der Waals surface area (Å²) in [5.74, 6) is 0.352. The van der Waals surface area contributed by atoms with Crippen molar-refractivity contribution in [1.82, 2.24) is 10.2 Å². The number of alkyl halides is 3. The van der Waals surface area contributed by atoms with Gasteiger partial charge < -0.3 is 14.7 Å². The largest absolute Gasteiger partial charge is 0.435 e. The average Bonchev–Trinajstić information content (AvgIpc) is 2.38. The van der Waals surface area contributed by atoms with Gasteiger partial charge in [0, 0.05) is 13.1 Å². The van der Waals surface area contributed by atoms with Gasteiger partial charge in [0.05, 0.1) is 19.3 Å². The molecule has 0 bridgehead atoms. The van der Waals surface area contributed by atoms with E-state index in [4.69, 9.17) is 9.84 Å². The number of hydrogen-bond donors (Lipinski definition) is 1. The van der Waals surface area contributed by atoms with E-state index >= 15 is 0 Å². The van der Waals surface area contributed by atoms with Crippen LogP contribution in [0.5, 0.6) is 0 Å². The van der Waals surface area contributed by atoms with E-state index in [1.165, 1.54) is 6.07 Å². The van der Waals surface area contributed by atoms with Crippen LogP contribution < -0.4 is 4.90 Å². The monoisotopic (exact) mass is 263 g/mol. The lowest BCUT2D eigenvalue weighted by Crippen LogP contribution is -2.44. The number of halogens is 3. The summed E-state index contributed by atoms with van der Waals surface area (Å²) in [6.45, 7) is 1.16. The Labute approximate surface area is 101 Å². The third-order valence-corrected chi connectivity index (χ3v) is 2.61. The molecule has 100 valence electrons. The lowest BCUT2D eigenvalue weighted by Gasteiger charge is -2.32. The molecule has 0 aliphatic carbocycles. The second-order valence-electron chi connectivity index (χ2n) is 3.90. The average molecular weight is 263 g/mol. The Balaban J connectivity index is 2.09. The van der Waals surface area contributed by atoms with Crippen LogP contribution in [-0.2, 0) is 10.9 Å². The van der Waals surface area contributed by atoms with Crippen LogP contribution in [0.4, 0.5) is 19.0 Å². The molecule has 2 rings (SSSR count). The minimum Gasteiger partial charge on any atom is -0.394 e. The van der Waals surface area contributed by atoms with Gasteiger partial charge in [-0.2, -0.15) is 13.2 Å². The summed E-state index contributed by atoms with van der Waals surface area (Å²) < 4.78 is 42.2. The van der Waals surface area contributed by atoms with Crippen LogP contribution in [0.2, 0.25) is 0 Å². The summed E-state index contributed by atoms with van der Waals surface area (Å²) in [6.07, 6.45) is -4.83. The van der Waals surface area contributed by atoms with Gasteiger partial charge in [-0.25, -0.2) is 0 Å². The molecule has 1 aliphatic rings. The SMILES string of the molecule is OCC1CN(c2ccc(C(F)(F)F)nn2)CCO1.